The number of carbonyl (C=O) groups excluding carboxylic acids is 1. The van der Waals surface area contributed by atoms with E-state index in [1.165, 1.54) is 12.1 Å². The average molecular weight is 411 g/mol. The van der Waals surface area contributed by atoms with Crippen molar-refractivity contribution >= 4 is 17.4 Å². The van der Waals surface area contributed by atoms with Gasteiger partial charge in [-0.3, -0.25) is 4.79 Å². The number of benzene rings is 2. The van der Waals surface area contributed by atoms with E-state index < -0.39 is 0 Å². The fourth-order valence-electron chi connectivity index (χ4n) is 3.72. The number of amidine groups is 1. The topological polar surface area (TPSA) is 39.1 Å². The first kappa shape index (κ1) is 22.0. The minimum Gasteiger partial charge on any atom is -0.354 e. The minimum atomic E-state index is -0.299. The molecule has 3 rings (SSSR count). The van der Waals surface area contributed by atoms with Gasteiger partial charge in [0.05, 0.1) is 5.69 Å². The summed E-state index contributed by atoms with van der Waals surface area (Å²) in [6.07, 6.45) is 0. The van der Waals surface area contributed by atoms with Crippen LogP contribution in [0.25, 0.3) is 0 Å². The summed E-state index contributed by atoms with van der Waals surface area (Å²) < 4.78 is 13.7. The van der Waals surface area contributed by atoms with Crippen molar-refractivity contribution in [2.45, 2.75) is 20.8 Å². The van der Waals surface area contributed by atoms with Crippen LogP contribution in [0.15, 0.2) is 53.5 Å². The van der Waals surface area contributed by atoms with Crippen molar-refractivity contribution in [3.8, 4) is 0 Å². The number of amides is 1. The Kier molecular flexibility index (Phi) is 7.57. The summed E-state index contributed by atoms with van der Waals surface area (Å²) in [5.41, 5.74) is 2.19. The van der Waals surface area contributed by atoms with Gasteiger partial charge in [0.1, 0.15) is 11.7 Å². The van der Waals surface area contributed by atoms with E-state index in [2.05, 4.69) is 16.7 Å². The van der Waals surface area contributed by atoms with Crippen LogP contribution in [0.2, 0.25) is 0 Å². The van der Waals surface area contributed by atoms with Crippen LogP contribution in [0.1, 0.15) is 36.7 Å². The zero-order valence-electron chi connectivity index (χ0n) is 18.1. The van der Waals surface area contributed by atoms with Gasteiger partial charge in [-0.05, 0) is 50.7 Å². The second kappa shape index (κ2) is 10.3. The number of hydrogen-bond acceptors (Lipinski definition) is 3. The van der Waals surface area contributed by atoms with E-state index in [-0.39, 0.29) is 11.7 Å². The van der Waals surface area contributed by atoms with Gasteiger partial charge in [0.25, 0.3) is 5.91 Å². The zero-order chi connectivity index (χ0) is 21.5. The Labute approximate surface area is 178 Å². The SMILES string of the molecule is CCN1CCN(C(=Nc2cccc(F)c2)c2ccc(C(=O)N(CC)CC)cc2)CC1. The Morgan fingerprint density at radius 2 is 1.60 bits per heavy atom. The largest absolute Gasteiger partial charge is 0.354 e. The second-order valence-electron chi connectivity index (χ2n) is 7.39. The van der Waals surface area contributed by atoms with Crippen molar-refractivity contribution in [1.82, 2.24) is 14.7 Å². The van der Waals surface area contributed by atoms with E-state index >= 15 is 0 Å². The molecule has 2 aromatic carbocycles. The van der Waals surface area contributed by atoms with Gasteiger partial charge in [-0.25, -0.2) is 9.38 Å². The number of aliphatic imine (C=N–C) groups is 1. The number of carbonyl (C=O) groups is 1. The van der Waals surface area contributed by atoms with Crippen molar-refractivity contribution in [2.75, 3.05) is 45.8 Å². The summed E-state index contributed by atoms with van der Waals surface area (Å²) in [5.74, 6) is 0.552. The summed E-state index contributed by atoms with van der Waals surface area (Å²) in [5, 5.41) is 0. The number of likely N-dealkylation sites (N-methyl/N-ethyl adjacent to an activating group) is 1. The van der Waals surface area contributed by atoms with Crippen LogP contribution < -0.4 is 0 Å². The molecule has 0 spiro atoms. The van der Waals surface area contributed by atoms with Crippen LogP contribution in [-0.2, 0) is 0 Å². The predicted octanol–water partition coefficient (Wildman–Crippen LogP) is 4.02. The average Bonchev–Trinajstić information content (AvgIpc) is 2.78. The van der Waals surface area contributed by atoms with Gasteiger partial charge >= 0.3 is 0 Å². The number of rotatable bonds is 6. The molecule has 0 unspecified atom stereocenters. The molecule has 2 aromatic rings. The molecule has 160 valence electrons. The van der Waals surface area contributed by atoms with Crippen LogP contribution in [0, 0.1) is 5.82 Å². The standard InChI is InChI=1S/C24H31FN4O/c1-4-27-14-16-29(17-15-27)23(26-22-9-7-8-21(25)18-22)19-10-12-20(13-11-19)24(30)28(5-2)6-3/h7-13,18H,4-6,14-17H2,1-3H3. The third-order valence-electron chi connectivity index (χ3n) is 5.60. The smallest absolute Gasteiger partial charge is 0.253 e. The lowest BCUT2D eigenvalue weighted by molar-refractivity contribution is 0.0773. The zero-order valence-corrected chi connectivity index (χ0v) is 18.1. The van der Waals surface area contributed by atoms with E-state index in [0.29, 0.717) is 24.3 Å². The summed E-state index contributed by atoms with van der Waals surface area (Å²) in [6, 6.07) is 14.0. The Morgan fingerprint density at radius 1 is 0.967 bits per heavy atom. The molecule has 1 heterocycles. The highest BCUT2D eigenvalue weighted by Crippen LogP contribution is 2.19. The van der Waals surface area contributed by atoms with Crippen molar-refractivity contribution < 1.29 is 9.18 Å². The summed E-state index contributed by atoms with van der Waals surface area (Å²) >= 11 is 0. The van der Waals surface area contributed by atoms with E-state index in [1.807, 2.05) is 44.2 Å². The van der Waals surface area contributed by atoms with Crippen LogP contribution in [-0.4, -0.2) is 72.3 Å². The normalized spacial score (nSPS) is 15.3. The number of halogens is 1. The first-order valence-corrected chi connectivity index (χ1v) is 10.8. The monoisotopic (exact) mass is 410 g/mol. The lowest BCUT2D eigenvalue weighted by Gasteiger charge is -2.36. The van der Waals surface area contributed by atoms with E-state index in [1.54, 1.807) is 11.0 Å². The molecule has 0 atom stereocenters. The lowest BCUT2D eigenvalue weighted by atomic mass is 10.1. The van der Waals surface area contributed by atoms with Gasteiger partial charge in [-0.15, -0.1) is 0 Å². The maximum Gasteiger partial charge on any atom is 0.253 e. The van der Waals surface area contributed by atoms with Crippen LogP contribution in [0.4, 0.5) is 10.1 Å². The maximum absolute atomic E-state index is 13.7. The molecule has 1 fully saturated rings. The van der Waals surface area contributed by atoms with Crippen molar-refractivity contribution in [3.05, 3.63) is 65.5 Å². The molecule has 6 heteroatoms. The van der Waals surface area contributed by atoms with Gasteiger partial charge in [0.15, 0.2) is 0 Å². The van der Waals surface area contributed by atoms with Crippen LogP contribution in [0.5, 0.6) is 0 Å². The molecule has 0 aromatic heterocycles. The first-order valence-electron chi connectivity index (χ1n) is 10.8. The molecule has 1 saturated heterocycles. The summed E-state index contributed by atoms with van der Waals surface area (Å²) in [7, 11) is 0. The molecule has 0 aliphatic carbocycles. The fourth-order valence-corrected chi connectivity index (χ4v) is 3.72. The van der Waals surface area contributed by atoms with Gasteiger partial charge in [0, 0.05) is 50.4 Å². The second-order valence-corrected chi connectivity index (χ2v) is 7.39. The quantitative estimate of drug-likeness (QED) is 0.533. The molecule has 0 bridgehead atoms. The Balaban J connectivity index is 1.91. The molecule has 0 radical (unpaired) electrons. The van der Waals surface area contributed by atoms with Gasteiger partial charge < -0.3 is 14.7 Å². The lowest BCUT2D eigenvalue weighted by Crippen LogP contribution is -2.48. The van der Waals surface area contributed by atoms with Crippen LogP contribution in [0.3, 0.4) is 0 Å². The number of hydrogen-bond donors (Lipinski definition) is 0. The van der Waals surface area contributed by atoms with E-state index in [0.717, 1.165) is 44.1 Å². The van der Waals surface area contributed by atoms with E-state index in [4.69, 9.17) is 4.99 Å². The highest BCUT2D eigenvalue weighted by molar-refractivity contribution is 6.01. The molecular formula is C24H31FN4O. The molecule has 0 saturated carbocycles. The Morgan fingerprint density at radius 3 is 2.17 bits per heavy atom. The summed E-state index contributed by atoms with van der Waals surface area (Å²) in [4.78, 5) is 23.9. The van der Waals surface area contributed by atoms with Gasteiger partial charge in [0.2, 0.25) is 0 Å². The van der Waals surface area contributed by atoms with Crippen LogP contribution >= 0.6 is 0 Å². The molecule has 1 amide bonds. The van der Waals surface area contributed by atoms with E-state index in [9.17, 15) is 9.18 Å². The Hall–Kier alpha value is -2.73. The highest BCUT2D eigenvalue weighted by Gasteiger charge is 2.21. The van der Waals surface area contributed by atoms with Crippen molar-refractivity contribution in [1.29, 1.82) is 0 Å². The third-order valence-corrected chi connectivity index (χ3v) is 5.60. The molecule has 1 aliphatic heterocycles. The molecule has 1 aliphatic rings. The predicted molar refractivity (Wildman–Crippen MR) is 120 cm³/mol. The minimum absolute atomic E-state index is 0.0340. The number of nitrogens with zero attached hydrogens (tertiary/aromatic N) is 4. The molecule has 5 nitrogen and oxygen atoms in total. The fraction of sp³-hybridized carbons (Fsp3) is 0.417. The molecular weight excluding hydrogens is 379 g/mol. The molecule has 30 heavy (non-hydrogen) atoms. The van der Waals surface area contributed by atoms with Gasteiger partial charge in [-0.1, -0.05) is 25.1 Å². The molecule has 0 N–H and O–H groups in total. The van der Waals surface area contributed by atoms with Crippen molar-refractivity contribution in [3.63, 3.8) is 0 Å². The van der Waals surface area contributed by atoms with Crippen molar-refractivity contribution in [2.24, 2.45) is 4.99 Å². The number of piperazine rings is 1. The summed E-state index contributed by atoms with van der Waals surface area (Å²) in [6.45, 7) is 12.2. The highest BCUT2D eigenvalue weighted by atomic mass is 19.1. The third kappa shape index (κ3) is 5.25. The van der Waals surface area contributed by atoms with Gasteiger partial charge in [-0.2, -0.15) is 0 Å². The maximum atomic E-state index is 13.7. The Bertz CT molecular complexity index is 869. The first-order chi connectivity index (χ1) is 14.5.